The van der Waals surface area contributed by atoms with Gasteiger partial charge in [0.25, 0.3) is 5.56 Å². The molecular weight excluding hydrogens is 310 g/mol. The van der Waals surface area contributed by atoms with E-state index in [1.165, 1.54) is 0 Å². The first-order valence-electron chi connectivity index (χ1n) is 7.59. The van der Waals surface area contributed by atoms with Gasteiger partial charge in [0.2, 0.25) is 0 Å². The smallest absolute Gasteiger partial charge is 0.336 e. The molecule has 0 spiro atoms. The van der Waals surface area contributed by atoms with Crippen LogP contribution in [0.1, 0.15) is 30.9 Å². The first-order valence-corrected chi connectivity index (χ1v) is 7.59. The number of anilines is 1. The van der Waals surface area contributed by atoms with Gasteiger partial charge in [0.05, 0.1) is 23.7 Å². The van der Waals surface area contributed by atoms with E-state index in [1.54, 1.807) is 13.8 Å². The van der Waals surface area contributed by atoms with E-state index in [1.807, 2.05) is 30.3 Å². The number of H-pyrrole nitrogens is 2. The van der Waals surface area contributed by atoms with Crippen molar-refractivity contribution in [3.8, 4) is 0 Å². The topological polar surface area (TPSA) is 104 Å². The number of carbonyl (C=O) groups excluding carboxylic acids is 1. The van der Waals surface area contributed by atoms with E-state index < -0.39 is 23.1 Å². The largest absolute Gasteiger partial charge is 0.463 e. The second-order valence-corrected chi connectivity index (χ2v) is 5.42. The van der Waals surface area contributed by atoms with Crippen LogP contribution in [0.5, 0.6) is 0 Å². The number of hydrogen-bond acceptors (Lipinski definition) is 5. The molecule has 0 fully saturated rings. The number of aromatic nitrogens is 2. The maximum atomic E-state index is 12.5. The SMILES string of the molecule is CCOC(=O)C1=C(C)Nc2[nH]c(=O)[nH]c(=O)c2[C@H]1c1ccccc1. The zero-order valence-corrected chi connectivity index (χ0v) is 13.3. The molecule has 0 radical (unpaired) electrons. The molecule has 1 aromatic heterocycles. The van der Waals surface area contributed by atoms with E-state index in [0.29, 0.717) is 17.1 Å². The van der Waals surface area contributed by atoms with Gasteiger partial charge in [-0.05, 0) is 19.4 Å². The highest BCUT2D eigenvalue weighted by atomic mass is 16.5. The fourth-order valence-corrected chi connectivity index (χ4v) is 2.94. The molecule has 0 bridgehead atoms. The fraction of sp³-hybridized carbons (Fsp3) is 0.235. The number of fused-ring (bicyclic) bond motifs is 1. The molecule has 0 amide bonds. The number of carbonyl (C=O) groups is 1. The lowest BCUT2D eigenvalue weighted by molar-refractivity contribution is -0.138. The van der Waals surface area contributed by atoms with E-state index in [2.05, 4.69) is 15.3 Å². The van der Waals surface area contributed by atoms with Gasteiger partial charge in [-0.25, -0.2) is 9.59 Å². The third-order valence-electron chi connectivity index (χ3n) is 3.90. The zero-order valence-electron chi connectivity index (χ0n) is 13.3. The second-order valence-electron chi connectivity index (χ2n) is 5.42. The molecule has 1 atom stereocenters. The Bertz CT molecular complexity index is 925. The van der Waals surface area contributed by atoms with Gasteiger partial charge in [-0.3, -0.25) is 14.8 Å². The molecule has 1 aromatic carbocycles. The van der Waals surface area contributed by atoms with Gasteiger partial charge in [0.1, 0.15) is 5.82 Å². The highest BCUT2D eigenvalue weighted by Crippen LogP contribution is 2.38. The van der Waals surface area contributed by atoms with Crippen LogP contribution >= 0.6 is 0 Å². The maximum absolute atomic E-state index is 12.5. The molecule has 1 aliphatic rings. The summed E-state index contributed by atoms with van der Waals surface area (Å²) in [7, 11) is 0. The third kappa shape index (κ3) is 2.64. The van der Waals surface area contributed by atoms with E-state index >= 15 is 0 Å². The summed E-state index contributed by atoms with van der Waals surface area (Å²) in [6, 6.07) is 9.17. The van der Waals surface area contributed by atoms with E-state index in [0.717, 1.165) is 5.56 Å². The molecule has 0 saturated carbocycles. The van der Waals surface area contributed by atoms with Gasteiger partial charge in [0.15, 0.2) is 0 Å². The molecule has 1 aliphatic heterocycles. The van der Waals surface area contributed by atoms with Crippen molar-refractivity contribution >= 4 is 11.8 Å². The molecule has 2 heterocycles. The van der Waals surface area contributed by atoms with Gasteiger partial charge < -0.3 is 10.1 Å². The van der Waals surface area contributed by atoms with Crippen molar-refractivity contribution in [1.82, 2.24) is 9.97 Å². The van der Waals surface area contributed by atoms with Crippen LogP contribution in [0.15, 0.2) is 51.2 Å². The molecular formula is C17H17N3O4. The van der Waals surface area contributed by atoms with Gasteiger partial charge in [-0.1, -0.05) is 30.3 Å². The summed E-state index contributed by atoms with van der Waals surface area (Å²) in [5.74, 6) is -0.821. The lowest BCUT2D eigenvalue weighted by atomic mass is 9.82. The van der Waals surface area contributed by atoms with E-state index in [4.69, 9.17) is 4.74 Å². The predicted molar refractivity (Wildman–Crippen MR) is 88.9 cm³/mol. The van der Waals surface area contributed by atoms with Crippen LogP contribution in [0.4, 0.5) is 5.82 Å². The monoisotopic (exact) mass is 327 g/mol. The summed E-state index contributed by atoms with van der Waals surface area (Å²) in [6.45, 7) is 3.66. The Labute approximate surface area is 137 Å². The average molecular weight is 327 g/mol. The molecule has 3 N–H and O–H groups in total. The van der Waals surface area contributed by atoms with Crippen LogP contribution < -0.4 is 16.6 Å². The molecule has 24 heavy (non-hydrogen) atoms. The highest BCUT2D eigenvalue weighted by Gasteiger charge is 2.35. The quantitative estimate of drug-likeness (QED) is 0.740. The number of nitrogens with one attached hydrogen (secondary N) is 3. The number of ether oxygens (including phenoxy) is 1. The minimum absolute atomic E-state index is 0.228. The number of allylic oxidation sites excluding steroid dienone is 1. The lowest BCUT2D eigenvalue weighted by Crippen LogP contribution is -2.34. The number of rotatable bonds is 3. The minimum atomic E-state index is -0.623. The number of aromatic amines is 2. The maximum Gasteiger partial charge on any atom is 0.336 e. The Balaban J connectivity index is 2.28. The van der Waals surface area contributed by atoms with Gasteiger partial charge in [-0.2, -0.15) is 0 Å². The molecule has 0 saturated heterocycles. The Morgan fingerprint density at radius 1 is 1.17 bits per heavy atom. The summed E-state index contributed by atoms with van der Waals surface area (Å²) in [6.07, 6.45) is 0. The summed E-state index contributed by atoms with van der Waals surface area (Å²) >= 11 is 0. The molecule has 7 heteroatoms. The van der Waals surface area contributed by atoms with Gasteiger partial charge in [-0.15, -0.1) is 0 Å². The predicted octanol–water partition coefficient (Wildman–Crippen LogP) is 1.46. The number of benzene rings is 1. The van der Waals surface area contributed by atoms with Gasteiger partial charge >= 0.3 is 11.7 Å². The second kappa shape index (κ2) is 6.19. The average Bonchev–Trinajstić information content (AvgIpc) is 2.54. The molecule has 2 aromatic rings. The Hall–Kier alpha value is -3.09. The van der Waals surface area contributed by atoms with Gasteiger partial charge in [0, 0.05) is 5.70 Å². The summed E-state index contributed by atoms with van der Waals surface area (Å²) < 4.78 is 5.16. The van der Waals surface area contributed by atoms with E-state index in [-0.39, 0.29) is 12.2 Å². The first kappa shape index (κ1) is 15.8. The van der Waals surface area contributed by atoms with Crippen LogP contribution in [0.25, 0.3) is 0 Å². The van der Waals surface area contributed by atoms with Crippen molar-refractivity contribution in [3.05, 3.63) is 73.6 Å². The van der Waals surface area contributed by atoms with Crippen LogP contribution in [-0.2, 0) is 9.53 Å². The number of hydrogen-bond donors (Lipinski definition) is 3. The van der Waals surface area contributed by atoms with Crippen molar-refractivity contribution in [2.75, 3.05) is 11.9 Å². The highest BCUT2D eigenvalue weighted by molar-refractivity contribution is 5.94. The van der Waals surface area contributed by atoms with E-state index in [9.17, 15) is 14.4 Å². The van der Waals surface area contributed by atoms with Crippen molar-refractivity contribution in [3.63, 3.8) is 0 Å². The Morgan fingerprint density at radius 2 is 1.88 bits per heavy atom. The van der Waals surface area contributed by atoms with Crippen molar-refractivity contribution in [2.45, 2.75) is 19.8 Å². The summed E-state index contributed by atoms with van der Waals surface area (Å²) in [5.41, 5.74) is 0.800. The summed E-state index contributed by atoms with van der Waals surface area (Å²) in [4.78, 5) is 41.3. The third-order valence-corrected chi connectivity index (χ3v) is 3.90. The lowest BCUT2D eigenvalue weighted by Gasteiger charge is -2.28. The Kier molecular flexibility index (Phi) is 4.07. The van der Waals surface area contributed by atoms with Crippen LogP contribution in [0.3, 0.4) is 0 Å². The van der Waals surface area contributed by atoms with Crippen molar-refractivity contribution < 1.29 is 9.53 Å². The minimum Gasteiger partial charge on any atom is -0.463 e. The molecule has 124 valence electrons. The standard InChI is InChI=1S/C17H17N3O4/c1-3-24-16(22)11-9(2)18-14-13(15(21)20-17(23)19-14)12(11)10-7-5-4-6-8-10/h4-8,12H,3H2,1-2H3,(H3,18,19,20,21,23)/t12-/m0/s1. The normalized spacial score (nSPS) is 16.3. The molecule has 0 aliphatic carbocycles. The van der Waals surface area contributed by atoms with Crippen molar-refractivity contribution in [1.29, 1.82) is 0 Å². The zero-order chi connectivity index (χ0) is 17.3. The Morgan fingerprint density at radius 3 is 2.54 bits per heavy atom. The van der Waals surface area contributed by atoms with Crippen LogP contribution in [-0.4, -0.2) is 22.5 Å². The summed E-state index contributed by atoms with van der Waals surface area (Å²) in [5, 5.41) is 2.93. The molecule has 0 unspecified atom stereocenters. The fourth-order valence-electron chi connectivity index (χ4n) is 2.94. The molecule has 3 rings (SSSR count). The van der Waals surface area contributed by atoms with Crippen molar-refractivity contribution in [2.24, 2.45) is 0 Å². The van der Waals surface area contributed by atoms with Crippen LogP contribution in [0.2, 0.25) is 0 Å². The molecule has 7 nitrogen and oxygen atoms in total. The number of esters is 1. The first-order chi connectivity index (χ1) is 11.5. The van der Waals surface area contributed by atoms with Crippen LogP contribution in [0, 0.1) is 0 Å².